The zero-order chi connectivity index (χ0) is 22.4. The Morgan fingerprint density at radius 1 is 0.667 bits per heavy atom. The third-order valence-corrected chi connectivity index (χ3v) is 4.83. The molecule has 0 saturated heterocycles. The van der Waals surface area contributed by atoms with Gasteiger partial charge >= 0.3 is 14.2 Å². The van der Waals surface area contributed by atoms with E-state index in [0.717, 1.165) is 16.6 Å². The van der Waals surface area contributed by atoms with E-state index >= 15 is 0 Å². The highest BCUT2D eigenvalue weighted by molar-refractivity contribution is 6.61. The number of aliphatic hydroxyl groups is 2. The molecule has 0 aliphatic rings. The van der Waals surface area contributed by atoms with Gasteiger partial charge in [-0.25, -0.2) is 0 Å². The Balaban J connectivity index is 2.18. The highest BCUT2D eigenvalue weighted by atomic mass is 16.6. The van der Waals surface area contributed by atoms with Gasteiger partial charge in [0.05, 0.1) is 13.2 Å². The summed E-state index contributed by atoms with van der Waals surface area (Å²) in [6, 6.07) is 14.8. The molecule has 2 aromatic rings. The van der Waals surface area contributed by atoms with E-state index in [-0.39, 0.29) is 13.2 Å². The Hall–Kier alpha value is -1.67. The molecule has 0 aliphatic heterocycles. The second-order valence-electron chi connectivity index (χ2n) is 9.22. The lowest BCUT2D eigenvalue weighted by Gasteiger charge is -2.27. The van der Waals surface area contributed by atoms with Crippen molar-refractivity contribution in [2.45, 2.75) is 27.7 Å². The largest absolute Gasteiger partial charge is 0.493 e. The topological polar surface area (TPSA) is 99.4 Å². The lowest BCUT2D eigenvalue weighted by Crippen LogP contribution is -2.42. The second-order valence-corrected chi connectivity index (χ2v) is 9.22. The van der Waals surface area contributed by atoms with Crippen molar-refractivity contribution in [3.05, 3.63) is 48.5 Å². The molecule has 6 nitrogen and oxygen atoms in total. The van der Waals surface area contributed by atoms with Crippen LogP contribution in [0.5, 0.6) is 0 Å². The van der Waals surface area contributed by atoms with Crippen LogP contribution in [0.1, 0.15) is 27.7 Å². The summed E-state index contributed by atoms with van der Waals surface area (Å²) in [6.07, 6.45) is 0. The zero-order valence-corrected chi connectivity index (χ0v) is 18.2. The first kappa shape index (κ1) is 24.6. The standard InChI is InChI=1S/C22H32B2O6/c1-21(2,13-25)15-29-24(30-16-22(3,4)14-26)20-11-7-18(8-12-20)17-5-9-19(10-6-17)23(27)28/h5-12,25-28H,13-16H2,1-4H3. The van der Waals surface area contributed by atoms with Crippen molar-refractivity contribution in [3.8, 4) is 11.1 Å². The molecule has 0 unspecified atom stereocenters. The maximum Gasteiger partial charge on any atom is 0.493 e. The van der Waals surface area contributed by atoms with E-state index in [2.05, 4.69) is 0 Å². The molecule has 30 heavy (non-hydrogen) atoms. The summed E-state index contributed by atoms with van der Waals surface area (Å²) in [5.41, 5.74) is 2.41. The Bertz CT molecular complexity index is 755. The quantitative estimate of drug-likeness (QED) is 0.406. The molecule has 0 aliphatic carbocycles. The first-order valence-corrected chi connectivity index (χ1v) is 10.1. The molecule has 2 rings (SSSR count). The van der Waals surface area contributed by atoms with Gasteiger partial charge in [0, 0.05) is 24.0 Å². The molecule has 4 N–H and O–H groups in total. The van der Waals surface area contributed by atoms with Crippen molar-refractivity contribution in [3.63, 3.8) is 0 Å². The highest BCUT2D eigenvalue weighted by Gasteiger charge is 2.29. The van der Waals surface area contributed by atoms with Gasteiger partial charge in [-0.1, -0.05) is 76.2 Å². The van der Waals surface area contributed by atoms with Crippen LogP contribution in [0.4, 0.5) is 0 Å². The number of rotatable bonds is 11. The predicted octanol–water partition coefficient (Wildman–Crippen LogP) is 0.799. The van der Waals surface area contributed by atoms with Gasteiger partial charge in [0.1, 0.15) is 0 Å². The average molecular weight is 414 g/mol. The van der Waals surface area contributed by atoms with Crippen molar-refractivity contribution >= 4 is 25.2 Å². The van der Waals surface area contributed by atoms with Crippen LogP contribution in [0.15, 0.2) is 48.5 Å². The third kappa shape index (κ3) is 7.23. The van der Waals surface area contributed by atoms with Crippen molar-refractivity contribution in [1.82, 2.24) is 0 Å². The minimum atomic E-state index is -1.48. The van der Waals surface area contributed by atoms with E-state index in [9.17, 15) is 20.3 Å². The van der Waals surface area contributed by atoms with E-state index in [4.69, 9.17) is 9.31 Å². The molecule has 0 bridgehead atoms. The van der Waals surface area contributed by atoms with Crippen LogP contribution in [-0.4, -0.2) is 60.9 Å². The van der Waals surface area contributed by atoms with Crippen LogP contribution < -0.4 is 10.9 Å². The summed E-state index contributed by atoms with van der Waals surface area (Å²) in [5, 5.41) is 37.5. The average Bonchev–Trinajstić information content (AvgIpc) is 2.74. The smallest absolute Gasteiger partial charge is 0.423 e. The van der Waals surface area contributed by atoms with Gasteiger partial charge in [0.2, 0.25) is 0 Å². The Labute approximate surface area is 179 Å². The molecule has 0 radical (unpaired) electrons. The fraction of sp³-hybridized carbons (Fsp3) is 0.455. The van der Waals surface area contributed by atoms with Gasteiger partial charge < -0.3 is 29.6 Å². The molecule has 0 atom stereocenters. The second kappa shape index (κ2) is 10.6. The lowest BCUT2D eigenvalue weighted by atomic mass is 9.76. The Kier molecular flexibility index (Phi) is 8.67. The van der Waals surface area contributed by atoms with Gasteiger partial charge in [-0.2, -0.15) is 0 Å². The SMILES string of the molecule is CC(C)(CO)COB(OCC(C)(C)CO)c1ccc(-c2ccc(B(O)O)cc2)cc1. The number of hydrogen-bond acceptors (Lipinski definition) is 6. The molecular formula is C22H32B2O6. The van der Waals surface area contributed by atoms with Crippen LogP contribution >= 0.6 is 0 Å². The van der Waals surface area contributed by atoms with Crippen molar-refractivity contribution < 1.29 is 29.6 Å². The molecule has 0 spiro atoms. The highest BCUT2D eigenvalue weighted by Crippen LogP contribution is 2.20. The number of benzene rings is 2. The fourth-order valence-electron chi connectivity index (χ4n) is 2.61. The van der Waals surface area contributed by atoms with Crippen LogP contribution in [-0.2, 0) is 9.31 Å². The van der Waals surface area contributed by atoms with Crippen molar-refractivity contribution in [2.24, 2.45) is 10.8 Å². The van der Waals surface area contributed by atoms with E-state index in [0.29, 0.717) is 18.7 Å². The molecule has 0 fully saturated rings. The molecule has 8 heteroatoms. The van der Waals surface area contributed by atoms with Crippen LogP contribution in [0.3, 0.4) is 0 Å². The van der Waals surface area contributed by atoms with Crippen molar-refractivity contribution in [2.75, 3.05) is 26.4 Å². The summed E-state index contributed by atoms with van der Waals surface area (Å²) < 4.78 is 12.0. The monoisotopic (exact) mass is 414 g/mol. The van der Waals surface area contributed by atoms with E-state index in [1.165, 1.54) is 0 Å². The number of hydrogen-bond donors (Lipinski definition) is 4. The summed E-state index contributed by atoms with van der Waals surface area (Å²) in [5.74, 6) is 0. The summed E-state index contributed by atoms with van der Waals surface area (Å²) >= 11 is 0. The minimum Gasteiger partial charge on any atom is -0.423 e. The molecule has 0 saturated carbocycles. The molecule has 2 aromatic carbocycles. The summed E-state index contributed by atoms with van der Waals surface area (Å²) in [4.78, 5) is 0. The van der Waals surface area contributed by atoms with Gasteiger partial charge in [-0.15, -0.1) is 0 Å². The normalized spacial score (nSPS) is 12.1. The maximum atomic E-state index is 9.51. The summed E-state index contributed by atoms with van der Waals surface area (Å²) in [6.45, 7) is 8.30. The van der Waals surface area contributed by atoms with Crippen LogP contribution in [0.25, 0.3) is 11.1 Å². The third-order valence-electron chi connectivity index (χ3n) is 4.83. The first-order valence-electron chi connectivity index (χ1n) is 10.1. The van der Waals surface area contributed by atoms with Gasteiger partial charge in [0.15, 0.2) is 0 Å². The van der Waals surface area contributed by atoms with E-state index < -0.39 is 25.1 Å². The molecular weight excluding hydrogens is 382 g/mol. The Morgan fingerprint density at radius 3 is 1.37 bits per heavy atom. The van der Waals surface area contributed by atoms with Crippen LogP contribution in [0, 0.1) is 10.8 Å². The van der Waals surface area contributed by atoms with Gasteiger partial charge in [0.25, 0.3) is 0 Å². The van der Waals surface area contributed by atoms with E-state index in [1.807, 2.05) is 64.1 Å². The summed E-state index contributed by atoms with van der Waals surface area (Å²) in [7, 11) is -2.11. The van der Waals surface area contributed by atoms with E-state index in [1.54, 1.807) is 12.1 Å². The molecule has 0 aromatic heterocycles. The van der Waals surface area contributed by atoms with Crippen LogP contribution in [0.2, 0.25) is 0 Å². The number of aliphatic hydroxyl groups excluding tert-OH is 2. The first-order chi connectivity index (χ1) is 14.1. The van der Waals surface area contributed by atoms with Gasteiger partial charge in [-0.05, 0) is 22.1 Å². The molecule has 0 heterocycles. The van der Waals surface area contributed by atoms with Gasteiger partial charge in [-0.3, -0.25) is 0 Å². The Morgan fingerprint density at radius 2 is 1.03 bits per heavy atom. The zero-order valence-electron chi connectivity index (χ0n) is 18.2. The molecule has 0 amide bonds. The predicted molar refractivity (Wildman–Crippen MR) is 121 cm³/mol. The lowest BCUT2D eigenvalue weighted by molar-refractivity contribution is 0.0562. The fourth-order valence-corrected chi connectivity index (χ4v) is 2.61. The van der Waals surface area contributed by atoms with Crippen molar-refractivity contribution in [1.29, 1.82) is 0 Å². The minimum absolute atomic E-state index is 0.000671. The molecule has 162 valence electrons. The maximum absolute atomic E-state index is 9.51.